The van der Waals surface area contributed by atoms with E-state index in [-0.39, 0.29) is 30.6 Å². The number of carbonyl (C=O) groups excluding carboxylic acids is 2. The van der Waals surface area contributed by atoms with Gasteiger partial charge in [0.2, 0.25) is 5.91 Å². The summed E-state index contributed by atoms with van der Waals surface area (Å²) in [5, 5.41) is 6.85. The van der Waals surface area contributed by atoms with E-state index in [9.17, 15) is 22.8 Å². The van der Waals surface area contributed by atoms with Gasteiger partial charge in [0, 0.05) is 29.7 Å². The molecule has 2 amide bonds. The number of rotatable bonds is 9. The Morgan fingerprint density at radius 1 is 1.02 bits per heavy atom. The minimum absolute atomic E-state index is 0.140. The fourth-order valence-corrected chi connectivity index (χ4v) is 5.85. The van der Waals surface area contributed by atoms with Crippen LogP contribution >= 0.6 is 0 Å². The van der Waals surface area contributed by atoms with Crippen LogP contribution in [0, 0.1) is 5.92 Å². The predicted octanol–water partition coefficient (Wildman–Crippen LogP) is 7.25. The molecule has 1 fully saturated rings. The number of nitrogens with zero attached hydrogens (tertiary/aromatic N) is 1. The molecule has 0 saturated heterocycles. The Bertz CT molecular complexity index is 1550. The molecule has 10 heteroatoms. The monoisotopic (exact) mass is 592 g/mol. The van der Waals surface area contributed by atoms with Gasteiger partial charge in [0.15, 0.2) is 0 Å². The van der Waals surface area contributed by atoms with Gasteiger partial charge in [-0.25, -0.2) is 4.79 Å². The first-order valence-corrected chi connectivity index (χ1v) is 14.5. The van der Waals surface area contributed by atoms with Crippen molar-refractivity contribution in [1.29, 1.82) is 0 Å². The van der Waals surface area contributed by atoms with Crippen LogP contribution in [0.1, 0.15) is 67.5 Å². The number of fused-ring (bicyclic) bond motifs is 1. The lowest BCUT2D eigenvalue weighted by molar-refractivity contribution is -0.137. The van der Waals surface area contributed by atoms with Crippen molar-refractivity contribution in [2.24, 2.45) is 5.92 Å². The number of aromatic amines is 1. The number of pyridine rings is 1. The highest BCUT2D eigenvalue weighted by Crippen LogP contribution is 2.35. The van der Waals surface area contributed by atoms with Crippen LogP contribution < -0.4 is 10.6 Å². The Labute approximate surface area is 248 Å². The lowest BCUT2D eigenvalue weighted by Crippen LogP contribution is -2.59. The third kappa shape index (κ3) is 7.36. The molecule has 1 aliphatic rings. The number of halogens is 3. The molecule has 1 aliphatic carbocycles. The van der Waals surface area contributed by atoms with Crippen molar-refractivity contribution in [2.75, 3.05) is 0 Å². The van der Waals surface area contributed by atoms with E-state index >= 15 is 0 Å². The summed E-state index contributed by atoms with van der Waals surface area (Å²) in [6, 6.07) is 17.5. The van der Waals surface area contributed by atoms with E-state index in [0.29, 0.717) is 0 Å². The average molecular weight is 593 g/mol. The van der Waals surface area contributed by atoms with E-state index in [4.69, 9.17) is 4.74 Å². The first-order valence-electron chi connectivity index (χ1n) is 14.5. The van der Waals surface area contributed by atoms with Crippen molar-refractivity contribution >= 4 is 22.9 Å². The van der Waals surface area contributed by atoms with Gasteiger partial charge in [-0.2, -0.15) is 13.2 Å². The van der Waals surface area contributed by atoms with Crippen molar-refractivity contribution in [2.45, 2.75) is 69.8 Å². The summed E-state index contributed by atoms with van der Waals surface area (Å²) in [6.07, 6.45) is 3.40. The molecule has 0 spiro atoms. The SMILES string of the molecule is C[C@@](Cc1c[nH]c2ccccc12)(NC(=O)OCc1cccc(C(F)(F)F)c1)C(=O)NC(c1ccccn1)C1CCCCC1. The second kappa shape index (κ2) is 12.9. The fourth-order valence-electron chi connectivity index (χ4n) is 5.85. The van der Waals surface area contributed by atoms with Gasteiger partial charge < -0.3 is 20.4 Å². The van der Waals surface area contributed by atoms with Crippen LogP contribution in [0.3, 0.4) is 0 Å². The molecule has 7 nitrogen and oxygen atoms in total. The number of ether oxygens (including phenoxy) is 1. The second-order valence-corrected chi connectivity index (χ2v) is 11.4. The second-order valence-electron chi connectivity index (χ2n) is 11.4. The van der Waals surface area contributed by atoms with Crippen molar-refractivity contribution in [3.63, 3.8) is 0 Å². The minimum Gasteiger partial charge on any atom is -0.445 e. The van der Waals surface area contributed by atoms with Gasteiger partial charge in [-0.3, -0.25) is 9.78 Å². The Kier molecular flexibility index (Phi) is 9.03. The summed E-state index contributed by atoms with van der Waals surface area (Å²) >= 11 is 0. The molecule has 0 aliphatic heterocycles. The number of amides is 2. The summed E-state index contributed by atoms with van der Waals surface area (Å²) in [5.41, 5.74) is 0.349. The maximum atomic E-state index is 14.2. The van der Waals surface area contributed by atoms with Crippen LogP contribution in [-0.4, -0.2) is 27.5 Å². The van der Waals surface area contributed by atoms with Crippen LogP contribution in [0.2, 0.25) is 0 Å². The molecule has 3 N–H and O–H groups in total. The van der Waals surface area contributed by atoms with Crippen LogP contribution in [-0.2, 0) is 28.7 Å². The number of nitrogens with one attached hydrogen (secondary N) is 3. The molecule has 43 heavy (non-hydrogen) atoms. The van der Waals surface area contributed by atoms with Crippen molar-refractivity contribution in [3.8, 4) is 0 Å². The normalized spacial score (nSPS) is 16.3. The van der Waals surface area contributed by atoms with E-state index in [1.807, 2.05) is 48.7 Å². The number of carbonyl (C=O) groups is 2. The van der Waals surface area contributed by atoms with E-state index in [1.54, 1.807) is 13.1 Å². The zero-order valence-corrected chi connectivity index (χ0v) is 23.9. The highest BCUT2D eigenvalue weighted by molar-refractivity contribution is 5.91. The number of aromatic nitrogens is 2. The van der Waals surface area contributed by atoms with Crippen LogP contribution in [0.15, 0.2) is 79.1 Å². The molecular formula is C33H35F3N4O3. The Morgan fingerprint density at radius 3 is 2.53 bits per heavy atom. The third-order valence-electron chi connectivity index (χ3n) is 8.14. The Balaban J connectivity index is 1.39. The minimum atomic E-state index is -4.52. The van der Waals surface area contributed by atoms with E-state index in [2.05, 4.69) is 20.6 Å². The number of benzene rings is 2. The largest absolute Gasteiger partial charge is 0.445 e. The molecule has 1 unspecified atom stereocenters. The Hall–Kier alpha value is -4.34. The zero-order chi connectivity index (χ0) is 30.5. The number of hydrogen-bond acceptors (Lipinski definition) is 4. The van der Waals surface area contributed by atoms with Gasteiger partial charge in [0.05, 0.1) is 17.3 Å². The highest BCUT2D eigenvalue weighted by atomic mass is 19.4. The van der Waals surface area contributed by atoms with Gasteiger partial charge >= 0.3 is 12.3 Å². The summed E-state index contributed by atoms with van der Waals surface area (Å²) < 4.78 is 44.8. The predicted molar refractivity (Wildman–Crippen MR) is 157 cm³/mol. The lowest BCUT2D eigenvalue weighted by atomic mass is 9.81. The number of para-hydroxylation sites is 1. The average Bonchev–Trinajstić information content (AvgIpc) is 3.41. The van der Waals surface area contributed by atoms with Gasteiger partial charge in [0.25, 0.3) is 0 Å². The molecule has 0 radical (unpaired) electrons. The number of hydrogen-bond donors (Lipinski definition) is 3. The van der Waals surface area contributed by atoms with E-state index in [0.717, 1.165) is 66.4 Å². The van der Waals surface area contributed by atoms with E-state index in [1.165, 1.54) is 12.1 Å². The standard InChI is InChI=1S/C33H35F3N4O3/c1-32(19-24-20-38-27-15-6-5-14-26(24)27,40-31(42)43-21-22-10-9-13-25(18-22)33(34,35)36)30(41)39-29(23-11-3-2-4-12-23)28-16-7-8-17-37-28/h5-10,13-18,20,23,29,38H,2-4,11-12,19,21H2,1H3,(H,39,41)(H,40,42)/t29?,32-/m0/s1. The quantitative estimate of drug-likeness (QED) is 0.191. The van der Waals surface area contributed by atoms with Crippen LogP contribution in [0.25, 0.3) is 10.9 Å². The number of alkyl carbamates (subject to hydrolysis) is 1. The van der Waals surface area contributed by atoms with E-state index < -0.39 is 29.3 Å². The molecule has 1 saturated carbocycles. The fraction of sp³-hybridized carbons (Fsp3) is 0.364. The molecule has 0 bridgehead atoms. The molecule has 2 aromatic heterocycles. The molecule has 2 atom stereocenters. The molecule has 226 valence electrons. The summed E-state index contributed by atoms with van der Waals surface area (Å²) in [7, 11) is 0. The summed E-state index contributed by atoms with van der Waals surface area (Å²) in [6.45, 7) is 1.24. The first-order chi connectivity index (χ1) is 20.6. The first kappa shape index (κ1) is 30.1. The van der Waals surface area contributed by atoms with Crippen molar-refractivity contribution in [1.82, 2.24) is 20.6 Å². The molecule has 2 heterocycles. The summed E-state index contributed by atoms with van der Waals surface area (Å²) in [4.78, 5) is 35.0. The lowest BCUT2D eigenvalue weighted by Gasteiger charge is -2.35. The van der Waals surface area contributed by atoms with Crippen LogP contribution in [0.5, 0.6) is 0 Å². The number of alkyl halides is 3. The zero-order valence-electron chi connectivity index (χ0n) is 23.9. The topological polar surface area (TPSA) is 96.1 Å². The smallest absolute Gasteiger partial charge is 0.416 e. The molecule has 5 rings (SSSR count). The molecular weight excluding hydrogens is 557 g/mol. The van der Waals surface area contributed by atoms with Gasteiger partial charge in [-0.05, 0) is 67.1 Å². The van der Waals surface area contributed by atoms with Gasteiger partial charge in [0.1, 0.15) is 12.1 Å². The van der Waals surface area contributed by atoms with Gasteiger partial charge in [-0.1, -0.05) is 55.7 Å². The Morgan fingerprint density at radius 2 is 1.79 bits per heavy atom. The molecule has 2 aromatic carbocycles. The van der Waals surface area contributed by atoms with Crippen LogP contribution in [0.4, 0.5) is 18.0 Å². The maximum absolute atomic E-state index is 14.2. The van der Waals surface area contributed by atoms with Crippen molar-refractivity contribution < 1.29 is 27.5 Å². The van der Waals surface area contributed by atoms with Gasteiger partial charge in [-0.15, -0.1) is 0 Å². The number of H-pyrrole nitrogens is 1. The summed E-state index contributed by atoms with van der Waals surface area (Å²) in [5.74, 6) is -0.215. The van der Waals surface area contributed by atoms with Crippen molar-refractivity contribution in [3.05, 3.63) is 102 Å². The third-order valence-corrected chi connectivity index (χ3v) is 8.14. The maximum Gasteiger partial charge on any atom is 0.416 e. The molecule has 4 aromatic rings. The highest BCUT2D eigenvalue weighted by Gasteiger charge is 2.39.